The van der Waals surface area contributed by atoms with Crippen LogP contribution in [0.5, 0.6) is 0 Å². The van der Waals surface area contributed by atoms with Crippen molar-refractivity contribution in [2.24, 2.45) is 0 Å². The van der Waals surface area contributed by atoms with Gasteiger partial charge in [0.2, 0.25) is 0 Å². The van der Waals surface area contributed by atoms with Gasteiger partial charge in [-0.2, -0.15) is 0 Å². The van der Waals surface area contributed by atoms with E-state index in [1.165, 1.54) is 0 Å². The summed E-state index contributed by atoms with van der Waals surface area (Å²) in [4.78, 5) is 18.0. The Bertz CT molecular complexity index is 1290. The quantitative estimate of drug-likeness (QED) is 0.387. The number of piperazine rings is 1. The Morgan fingerprint density at radius 1 is 0.941 bits per heavy atom. The summed E-state index contributed by atoms with van der Waals surface area (Å²) in [5.41, 5.74) is 4.29. The smallest absolute Gasteiger partial charge is 0.255 e. The number of para-hydroxylation sites is 1. The Morgan fingerprint density at radius 2 is 1.62 bits per heavy atom. The number of carbonyl (C=O) groups is 1. The molecule has 1 atom stereocenters. The molecule has 1 N–H and O–H groups in total. The second-order valence-corrected chi connectivity index (χ2v) is 9.39. The molecule has 0 spiro atoms. The fourth-order valence-electron chi connectivity index (χ4n) is 4.53. The van der Waals surface area contributed by atoms with Crippen molar-refractivity contribution in [3.05, 3.63) is 100 Å². The number of fused-ring (bicyclic) bond motifs is 1. The minimum Gasteiger partial charge on any atom is -0.457 e. The van der Waals surface area contributed by atoms with Crippen molar-refractivity contribution >= 4 is 34.2 Å². The van der Waals surface area contributed by atoms with Gasteiger partial charge in [0.1, 0.15) is 11.3 Å². The number of halogens is 1. The minimum absolute atomic E-state index is 0.147. The zero-order valence-electron chi connectivity index (χ0n) is 19.4. The van der Waals surface area contributed by atoms with Gasteiger partial charge in [-0.05, 0) is 55.9 Å². The molecule has 1 aromatic heterocycles. The topological polar surface area (TPSA) is 48.7 Å². The van der Waals surface area contributed by atoms with Crippen LogP contribution in [0.2, 0.25) is 5.02 Å². The fourth-order valence-corrected chi connectivity index (χ4v) is 4.66. The molecule has 34 heavy (non-hydrogen) atoms. The van der Waals surface area contributed by atoms with Crippen molar-refractivity contribution in [2.75, 3.05) is 38.5 Å². The van der Waals surface area contributed by atoms with E-state index in [9.17, 15) is 4.79 Å². The number of amides is 1. The molecule has 3 aromatic carbocycles. The van der Waals surface area contributed by atoms with Gasteiger partial charge in [-0.15, -0.1) is 0 Å². The molecule has 0 radical (unpaired) electrons. The summed E-state index contributed by atoms with van der Waals surface area (Å²) in [7, 11) is 2.14. The fraction of sp³-hybridized carbons (Fsp3) is 0.250. The summed E-state index contributed by atoms with van der Waals surface area (Å²) >= 11 is 6.21. The molecule has 1 aliphatic heterocycles. The molecule has 0 aliphatic carbocycles. The average molecular weight is 474 g/mol. The normalized spacial score (nSPS) is 16.0. The largest absolute Gasteiger partial charge is 0.457 e. The standard InChI is InChI=1S/C28H28ClN3O2/c1-19-7-9-21(10-8-19)28(33)30-25-23-5-3-4-6-24(23)34-27(25)26(20-11-13-22(29)14-12-20)32-17-15-31(2)16-18-32/h3-14,26H,15-18H2,1-2H3,(H,30,33)/t26-/m1/s1. The van der Waals surface area contributed by atoms with E-state index in [-0.39, 0.29) is 11.9 Å². The molecule has 1 fully saturated rings. The van der Waals surface area contributed by atoms with Crippen molar-refractivity contribution in [3.63, 3.8) is 0 Å². The number of rotatable bonds is 5. The Balaban J connectivity index is 1.61. The van der Waals surface area contributed by atoms with Gasteiger partial charge in [-0.25, -0.2) is 0 Å². The first-order chi connectivity index (χ1) is 16.5. The van der Waals surface area contributed by atoms with Gasteiger partial charge >= 0.3 is 0 Å². The highest BCUT2D eigenvalue weighted by Gasteiger charge is 2.32. The Labute approximate surface area is 204 Å². The van der Waals surface area contributed by atoms with E-state index in [1.807, 2.05) is 79.7 Å². The lowest BCUT2D eigenvalue weighted by atomic mass is 10.00. The number of furan rings is 1. The number of benzene rings is 3. The maximum Gasteiger partial charge on any atom is 0.255 e. The molecular weight excluding hydrogens is 446 g/mol. The molecule has 0 saturated carbocycles. The second kappa shape index (κ2) is 9.63. The van der Waals surface area contributed by atoms with Crippen LogP contribution in [-0.2, 0) is 0 Å². The molecule has 5 nitrogen and oxygen atoms in total. The van der Waals surface area contributed by atoms with Crippen LogP contribution in [0.3, 0.4) is 0 Å². The first-order valence-corrected chi connectivity index (χ1v) is 11.9. The zero-order chi connectivity index (χ0) is 23.7. The molecule has 0 unspecified atom stereocenters. The number of carbonyl (C=O) groups excluding carboxylic acids is 1. The van der Waals surface area contributed by atoms with Crippen LogP contribution in [0.25, 0.3) is 11.0 Å². The van der Waals surface area contributed by atoms with Gasteiger partial charge in [0, 0.05) is 42.2 Å². The lowest BCUT2D eigenvalue weighted by Gasteiger charge is -2.37. The summed E-state index contributed by atoms with van der Waals surface area (Å²) in [6.07, 6.45) is 0. The SMILES string of the molecule is Cc1ccc(C(=O)Nc2c([C@@H](c3ccc(Cl)cc3)N3CCN(C)CC3)oc3ccccc23)cc1. The first-order valence-electron chi connectivity index (χ1n) is 11.6. The summed E-state index contributed by atoms with van der Waals surface area (Å²) in [6.45, 7) is 5.74. The van der Waals surface area contributed by atoms with Gasteiger partial charge < -0.3 is 14.6 Å². The number of nitrogens with zero attached hydrogens (tertiary/aromatic N) is 2. The third-order valence-corrected chi connectivity index (χ3v) is 6.76. The zero-order valence-corrected chi connectivity index (χ0v) is 20.2. The van der Waals surface area contributed by atoms with Crippen molar-refractivity contribution in [2.45, 2.75) is 13.0 Å². The summed E-state index contributed by atoms with van der Waals surface area (Å²) in [6, 6.07) is 23.2. The van der Waals surface area contributed by atoms with Crippen LogP contribution in [0, 0.1) is 6.92 Å². The predicted octanol–water partition coefficient (Wildman–Crippen LogP) is 5.98. The van der Waals surface area contributed by atoms with Crippen LogP contribution in [0.1, 0.15) is 33.3 Å². The second-order valence-electron chi connectivity index (χ2n) is 8.95. The summed E-state index contributed by atoms with van der Waals surface area (Å²) in [5.74, 6) is 0.592. The van der Waals surface area contributed by atoms with Crippen LogP contribution < -0.4 is 5.32 Å². The van der Waals surface area contributed by atoms with E-state index in [1.54, 1.807) is 0 Å². The van der Waals surface area contributed by atoms with Gasteiger partial charge in [-0.3, -0.25) is 9.69 Å². The maximum atomic E-state index is 13.3. The van der Waals surface area contributed by atoms with Crippen molar-refractivity contribution in [1.82, 2.24) is 9.80 Å². The number of hydrogen-bond donors (Lipinski definition) is 1. The molecule has 1 saturated heterocycles. The Hall–Kier alpha value is -3.12. The molecule has 1 amide bonds. The van der Waals surface area contributed by atoms with Crippen LogP contribution in [-0.4, -0.2) is 48.9 Å². The van der Waals surface area contributed by atoms with E-state index in [0.717, 1.165) is 59.7 Å². The van der Waals surface area contributed by atoms with E-state index in [4.69, 9.17) is 16.0 Å². The highest BCUT2D eigenvalue weighted by molar-refractivity contribution is 6.30. The van der Waals surface area contributed by atoms with Gasteiger partial charge in [-0.1, -0.05) is 53.6 Å². The van der Waals surface area contributed by atoms with E-state index in [2.05, 4.69) is 22.2 Å². The molecule has 1 aliphatic rings. The molecule has 0 bridgehead atoms. The van der Waals surface area contributed by atoms with Crippen LogP contribution in [0.4, 0.5) is 5.69 Å². The van der Waals surface area contributed by atoms with Gasteiger partial charge in [0.25, 0.3) is 5.91 Å². The number of likely N-dealkylation sites (N-methyl/N-ethyl adjacent to an activating group) is 1. The summed E-state index contributed by atoms with van der Waals surface area (Å²) in [5, 5.41) is 4.77. The highest BCUT2D eigenvalue weighted by atomic mass is 35.5. The molecule has 2 heterocycles. The van der Waals surface area contributed by atoms with Crippen molar-refractivity contribution in [3.8, 4) is 0 Å². The lowest BCUT2D eigenvalue weighted by Crippen LogP contribution is -2.46. The molecule has 4 aromatic rings. The average Bonchev–Trinajstić information content (AvgIpc) is 3.20. The van der Waals surface area contributed by atoms with Crippen molar-refractivity contribution < 1.29 is 9.21 Å². The van der Waals surface area contributed by atoms with Crippen molar-refractivity contribution in [1.29, 1.82) is 0 Å². The number of hydrogen-bond acceptors (Lipinski definition) is 4. The van der Waals surface area contributed by atoms with E-state index < -0.39 is 0 Å². The predicted molar refractivity (Wildman–Crippen MR) is 138 cm³/mol. The lowest BCUT2D eigenvalue weighted by molar-refractivity contribution is 0.102. The maximum absolute atomic E-state index is 13.3. The monoisotopic (exact) mass is 473 g/mol. The third-order valence-electron chi connectivity index (χ3n) is 6.51. The van der Waals surface area contributed by atoms with Gasteiger partial charge in [0.15, 0.2) is 0 Å². The molecular formula is C28H28ClN3O2. The Kier molecular flexibility index (Phi) is 6.42. The number of aryl methyl sites for hydroxylation is 1. The van der Waals surface area contributed by atoms with Crippen LogP contribution in [0.15, 0.2) is 77.2 Å². The first kappa shape index (κ1) is 22.7. The van der Waals surface area contributed by atoms with E-state index in [0.29, 0.717) is 10.6 Å². The Morgan fingerprint density at radius 3 is 2.32 bits per heavy atom. The third kappa shape index (κ3) is 4.60. The summed E-state index contributed by atoms with van der Waals surface area (Å²) < 4.78 is 6.48. The highest BCUT2D eigenvalue weighted by Crippen LogP contribution is 2.41. The number of nitrogens with one attached hydrogen (secondary N) is 1. The van der Waals surface area contributed by atoms with Crippen LogP contribution >= 0.6 is 11.6 Å². The number of anilines is 1. The molecule has 6 heteroatoms. The van der Waals surface area contributed by atoms with Gasteiger partial charge in [0.05, 0.1) is 11.7 Å². The molecule has 5 rings (SSSR count). The molecule has 174 valence electrons. The van der Waals surface area contributed by atoms with E-state index >= 15 is 0 Å². The minimum atomic E-state index is -0.152.